The SMILES string of the molecule is CCCCCCOc1ccc(NC(=O)ON=C(C)C)cc1. The number of hydrogen-bond acceptors (Lipinski definition) is 4. The molecular weight excluding hydrogens is 268 g/mol. The van der Waals surface area contributed by atoms with Crippen molar-refractivity contribution in [1.82, 2.24) is 0 Å². The number of amides is 1. The van der Waals surface area contributed by atoms with Crippen LogP contribution in [0.15, 0.2) is 29.4 Å². The molecule has 0 bridgehead atoms. The summed E-state index contributed by atoms with van der Waals surface area (Å²) in [6, 6.07) is 7.18. The van der Waals surface area contributed by atoms with Crippen molar-refractivity contribution in [2.75, 3.05) is 11.9 Å². The lowest BCUT2D eigenvalue weighted by Gasteiger charge is -2.07. The summed E-state index contributed by atoms with van der Waals surface area (Å²) in [5.74, 6) is 0.799. The first-order valence-electron chi connectivity index (χ1n) is 7.34. The first-order chi connectivity index (χ1) is 10.1. The zero-order valence-electron chi connectivity index (χ0n) is 13.0. The summed E-state index contributed by atoms with van der Waals surface area (Å²) in [6.07, 6.45) is 4.12. The molecule has 0 aliphatic rings. The summed E-state index contributed by atoms with van der Waals surface area (Å²) in [5.41, 5.74) is 1.32. The minimum absolute atomic E-state index is 0.607. The highest BCUT2D eigenvalue weighted by Gasteiger charge is 2.03. The average molecular weight is 292 g/mol. The predicted molar refractivity (Wildman–Crippen MR) is 85.0 cm³/mol. The Labute approximate surface area is 126 Å². The van der Waals surface area contributed by atoms with E-state index >= 15 is 0 Å². The fourth-order valence-corrected chi connectivity index (χ4v) is 1.63. The number of oxime groups is 1. The van der Waals surface area contributed by atoms with E-state index in [2.05, 4.69) is 22.2 Å². The number of hydrogen-bond donors (Lipinski definition) is 1. The largest absolute Gasteiger partial charge is 0.494 e. The molecule has 0 atom stereocenters. The van der Waals surface area contributed by atoms with Crippen molar-refractivity contribution in [3.05, 3.63) is 24.3 Å². The first kappa shape index (κ1) is 17.0. The molecule has 0 aliphatic carbocycles. The molecule has 0 aromatic heterocycles. The lowest BCUT2D eigenvalue weighted by molar-refractivity contribution is 0.166. The lowest BCUT2D eigenvalue weighted by atomic mass is 10.2. The number of nitrogens with one attached hydrogen (secondary N) is 1. The van der Waals surface area contributed by atoms with E-state index in [9.17, 15) is 4.79 Å². The highest BCUT2D eigenvalue weighted by Crippen LogP contribution is 2.16. The van der Waals surface area contributed by atoms with Crippen molar-refractivity contribution in [3.8, 4) is 5.75 Å². The molecule has 0 heterocycles. The topological polar surface area (TPSA) is 59.9 Å². The van der Waals surface area contributed by atoms with Crippen LogP contribution in [0.3, 0.4) is 0 Å². The first-order valence-corrected chi connectivity index (χ1v) is 7.34. The average Bonchev–Trinajstić information content (AvgIpc) is 2.47. The Hall–Kier alpha value is -2.04. The predicted octanol–water partition coefficient (Wildman–Crippen LogP) is 4.59. The van der Waals surface area contributed by atoms with Gasteiger partial charge in [-0.05, 0) is 44.5 Å². The molecule has 0 saturated heterocycles. The van der Waals surface area contributed by atoms with Crippen molar-refractivity contribution < 1.29 is 14.4 Å². The molecule has 0 unspecified atom stereocenters. The van der Waals surface area contributed by atoms with Gasteiger partial charge in [-0.3, -0.25) is 10.2 Å². The summed E-state index contributed by atoms with van der Waals surface area (Å²) in [4.78, 5) is 16.0. The van der Waals surface area contributed by atoms with Crippen LogP contribution in [0.25, 0.3) is 0 Å². The Morgan fingerprint density at radius 2 is 1.86 bits per heavy atom. The van der Waals surface area contributed by atoms with E-state index < -0.39 is 6.09 Å². The summed E-state index contributed by atoms with van der Waals surface area (Å²) in [6.45, 7) is 6.41. The van der Waals surface area contributed by atoms with Gasteiger partial charge < -0.3 is 4.74 Å². The fourth-order valence-electron chi connectivity index (χ4n) is 1.63. The molecule has 1 aromatic carbocycles. The Kier molecular flexibility index (Phi) is 7.94. The molecule has 0 saturated carbocycles. The number of anilines is 1. The maximum absolute atomic E-state index is 11.4. The Balaban J connectivity index is 2.33. The normalized spacial score (nSPS) is 9.86. The zero-order valence-corrected chi connectivity index (χ0v) is 13.0. The van der Waals surface area contributed by atoms with E-state index in [1.165, 1.54) is 19.3 Å². The molecule has 1 N–H and O–H groups in total. The second-order valence-corrected chi connectivity index (χ2v) is 4.98. The third kappa shape index (κ3) is 7.97. The second kappa shape index (κ2) is 9.80. The van der Waals surface area contributed by atoms with Crippen LogP contribution in [0.2, 0.25) is 0 Å². The van der Waals surface area contributed by atoms with E-state index in [-0.39, 0.29) is 0 Å². The number of benzene rings is 1. The molecular formula is C16H24N2O3. The van der Waals surface area contributed by atoms with Crippen LogP contribution in [-0.2, 0) is 4.84 Å². The van der Waals surface area contributed by atoms with E-state index in [0.29, 0.717) is 11.4 Å². The number of carbonyl (C=O) groups excluding carboxylic acids is 1. The summed E-state index contributed by atoms with van der Waals surface area (Å²) >= 11 is 0. The standard InChI is InChI=1S/C16H24N2O3/c1-4-5-6-7-12-20-15-10-8-14(9-11-15)17-16(19)21-18-13(2)3/h8-11H,4-7,12H2,1-3H3,(H,17,19). The quantitative estimate of drug-likeness (QED) is 0.330. The maximum Gasteiger partial charge on any atom is 0.437 e. The molecule has 5 nitrogen and oxygen atoms in total. The van der Waals surface area contributed by atoms with Crippen LogP contribution in [0.4, 0.5) is 10.5 Å². The minimum Gasteiger partial charge on any atom is -0.494 e. The third-order valence-electron chi connectivity index (χ3n) is 2.68. The summed E-state index contributed by atoms with van der Waals surface area (Å²) in [7, 11) is 0. The zero-order chi connectivity index (χ0) is 15.5. The van der Waals surface area contributed by atoms with Gasteiger partial charge in [-0.25, -0.2) is 4.79 Å². The van der Waals surface area contributed by atoms with Gasteiger partial charge in [0.15, 0.2) is 0 Å². The van der Waals surface area contributed by atoms with Crippen LogP contribution < -0.4 is 10.1 Å². The van der Waals surface area contributed by atoms with Crippen LogP contribution in [0.1, 0.15) is 46.5 Å². The maximum atomic E-state index is 11.4. The molecule has 0 spiro atoms. The van der Waals surface area contributed by atoms with Gasteiger partial charge >= 0.3 is 6.09 Å². The van der Waals surface area contributed by atoms with E-state index in [1.54, 1.807) is 26.0 Å². The van der Waals surface area contributed by atoms with Crippen molar-refractivity contribution in [2.24, 2.45) is 5.16 Å². The van der Waals surface area contributed by atoms with Crippen molar-refractivity contribution in [1.29, 1.82) is 0 Å². The van der Waals surface area contributed by atoms with Crippen LogP contribution >= 0.6 is 0 Å². The number of nitrogens with zero attached hydrogens (tertiary/aromatic N) is 1. The van der Waals surface area contributed by atoms with Gasteiger partial charge in [0.1, 0.15) is 5.75 Å². The highest BCUT2D eigenvalue weighted by atomic mass is 16.7. The lowest BCUT2D eigenvalue weighted by Crippen LogP contribution is -2.11. The number of unbranched alkanes of at least 4 members (excludes halogenated alkanes) is 3. The monoisotopic (exact) mass is 292 g/mol. The van der Waals surface area contributed by atoms with E-state index in [4.69, 9.17) is 4.74 Å². The van der Waals surface area contributed by atoms with E-state index in [1.807, 2.05) is 12.1 Å². The van der Waals surface area contributed by atoms with Gasteiger partial charge in [-0.2, -0.15) is 0 Å². The highest BCUT2D eigenvalue weighted by molar-refractivity contribution is 5.86. The van der Waals surface area contributed by atoms with Gasteiger partial charge in [0.2, 0.25) is 0 Å². The molecule has 21 heavy (non-hydrogen) atoms. The third-order valence-corrected chi connectivity index (χ3v) is 2.68. The van der Waals surface area contributed by atoms with Gasteiger partial charge in [0.25, 0.3) is 0 Å². The molecule has 1 amide bonds. The van der Waals surface area contributed by atoms with Crippen molar-refractivity contribution in [2.45, 2.75) is 46.5 Å². The van der Waals surface area contributed by atoms with Crippen molar-refractivity contribution >= 4 is 17.5 Å². The van der Waals surface area contributed by atoms with Gasteiger partial charge in [-0.1, -0.05) is 31.3 Å². The number of carbonyl (C=O) groups is 1. The van der Waals surface area contributed by atoms with Crippen molar-refractivity contribution in [3.63, 3.8) is 0 Å². The Bertz CT molecular complexity index is 451. The van der Waals surface area contributed by atoms with Crippen LogP contribution in [0.5, 0.6) is 5.75 Å². The summed E-state index contributed by atoms with van der Waals surface area (Å²) in [5, 5.41) is 6.17. The number of rotatable bonds is 8. The molecule has 1 aromatic rings. The Morgan fingerprint density at radius 1 is 1.14 bits per heavy atom. The van der Waals surface area contributed by atoms with Gasteiger partial charge in [0, 0.05) is 5.69 Å². The molecule has 5 heteroatoms. The molecule has 0 fully saturated rings. The molecule has 1 rings (SSSR count). The van der Waals surface area contributed by atoms with Crippen LogP contribution in [-0.4, -0.2) is 18.4 Å². The molecule has 116 valence electrons. The van der Waals surface area contributed by atoms with Gasteiger partial charge in [-0.15, -0.1) is 0 Å². The van der Waals surface area contributed by atoms with Gasteiger partial charge in [0.05, 0.1) is 12.3 Å². The number of ether oxygens (including phenoxy) is 1. The Morgan fingerprint density at radius 3 is 2.48 bits per heavy atom. The van der Waals surface area contributed by atoms with Crippen LogP contribution in [0, 0.1) is 0 Å². The minimum atomic E-state index is -0.607. The molecule has 0 aliphatic heterocycles. The fraction of sp³-hybridized carbons (Fsp3) is 0.500. The molecule has 0 radical (unpaired) electrons. The second-order valence-electron chi connectivity index (χ2n) is 4.98. The smallest absolute Gasteiger partial charge is 0.437 e. The summed E-state index contributed by atoms with van der Waals surface area (Å²) < 4.78 is 5.63. The van der Waals surface area contributed by atoms with E-state index in [0.717, 1.165) is 18.8 Å².